The van der Waals surface area contributed by atoms with E-state index in [0.717, 1.165) is 29.8 Å². The first kappa shape index (κ1) is 15.1. The second kappa shape index (κ2) is 6.43. The quantitative estimate of drug-likeness (QED) is 0.887. The molecule has 0 fully saturated rings. The van der Waals surface area contributed by atoms with Crippen molar-refractivity contribution >= 4 is 5.97 Å². The van der Waals surface area contributed by atoms with Crippen molar-refractivity contribution in [3.8, 4) is 5.75 Å². The number of aromatic nitrogens is 2. The zero-order chi connectivity index (χ0) is 15.4. The van der Waals surface area contributed by atoms with Gasteiger partial charge in [0.05, 0.1) is 19.3 Å². The average molecular weight is 288 g/mol. The van der Waals surface area contributed by atoms with Gasteiger partial charge in [-0.1, -0.05) is 19.9 Å². The Kier molecular flexibility index (Phi) is 4.62. The molecule has 1 aromatic carbocycles. The molecule has 0 aliphatic rings. The van der Waals surface area contributed by atoms with E-state index >= 15 is 0 Å². The van der Waals surface area contributed by atoms with E-state index < -0.39 is 5.97 Å². The number of hydrogen-bond donors (Lipinski definition) is 1. The van der Waals surface area contributed by atoms with Crippen molar-refractivity contribution in [2.45, 2.75) is 33.2 Å². The van der Waals surface area contributed by atoms with Gasteiger partial charge in [0.2, 0.25) is 0 Å². The second-order valence-electron chi connectivity index (χ2n) is 4.83. The number of aryl methyl sites for hydroxylation is 2. The van der Waals surface area contributed by atoms with E-state index in [1.165, 1.54) is 7.11 Å². The number of benzene rings is 1. The van der Waals surface area contributed by atoms with E-state index in [4.69, 9.17) is 4.74 Å². The summed E-state index contributed by atoms with van der Waals surface area (Å²) in [6, 6.07) is 7.31. The van der Waals surface area contributed by atoms with E-state index in [1.54, 1.807) is 12.1 Å². The highest BCUT2D eigenvalue weighted by Crippen LogP contribution is 2.21. The maximum absolute atomic E-state index is 11.3. The van der Waals surface area contributed by atoms with Gasteiger partial charge in [-0.3, -0.25) is 4.68 Å². The lowest BCUT2D eigenvalue weighted by Gasteiger charge is -2.09. The van der Waals surface area contributed by atoms with Crippen LogP contribution in [0.5, 0.6) is 5.75 Å². The Labute approximate surface area is 124 Å². The van der Waals surface area contributed by atoms with Gasteiger partial charge in [0, 0.05) is 5.69 Å². The van der Waals surface area contributed by atoms with Gasteiger partial charge in [-0.25, -0.2) is 4.79 Å². The summed E-state index contributed by atoms with van der Waals surface area (Å²) < 4.78 is 7.01. The Morgan fingerprint density at radius 2 is 2.05 bits per heavy atom. The summed E-state index contributed by atoms with van der Waals surface area (Å²) in [5, 5.41) is 13.8. The molecular weight excluding hydrogens is 268 g/mol. The van der Waals surface area contributed by atoms with Gasteiger partial charge in [-0.05, 0) is 36.6 Å². The third kappa shape index (κ3) is 3.24. The zero-order valence-electron chi connectivity index (χ0n) is 12.6. The van der Waals surface area contributed by atoms with Gasteiger partial charge >= 0.3 is 5.97 Å². The first-order valence-electron chi connectivity index (χ1n) is 7.04. The molecule has 0 spiro atoms. The summed E-state index contributed by atoms with van der Waals surface area (Å²) in [5.74, 6) is -0.615. The normalized spacial score (nSPS) is 10.6. The fourth-order valence-corrected chi connectivity index (χ4v) is 2.30. The van der Waals surface area contributed by atoms with E-state index in [0.29, 0.717) is 12.3 Å². The van der Waals surface area contributed by atoms with Gasteiger partial charge in [-0.2, -0.15) is 5.10 Å². The highest BCUT2D eigenvalue weighted by molar-refractivity contribution is 5.91. The number of methoxy groups -OCH3 is 1. The number of aromatic carboxylic acids is 1. The molecule has 0 atom stereocenters. The number of nitrogens with zero attached hydrogens (tertiary/aromatic N) is 2. The third-order valence-corrected chi connectivity index (χ3v) is 3.47. The van der Waals surface area contributed by atoms with Crippen molar-refractivity contribution in [1.29, 1.82) is 0 Å². The molecule has 0 aliphatic heterocycles. The lowest BCUT2D eigenvalue weighted by Crippen LogP contribution is -2.08. The lowest BCUT2D eigenvalue weighted by atomic mass is 10.1. The van der Waals surface area contributed by atoms with Crippen LogP contribution in [0.1, 0.15) is 41.2 Å². The van der Waals surface area contributed by atoms with Crippen LogP contribution < -0.4 is 4.74 Å². The largest absolute Gasteiger partial charge is 0.496 e. The predicted octanol–water partition coefficient (Wildman–Crippen LogP) is 2.76. The van der Waals surface area contributed by atoms with Crippen LogP contribution in [0.15, 0.2) is 24.3 Å². The van der Waals surface area contributed by atoms with E-state index in [-0.39, 0.29) is 5.56 Å². The van der Waals surface area contributed by atoms with Crippen LogP contribution >= 0.6 is 0 Å². The Balaban J connectivity index is 2.33. The highest BCUT2D eigenvalue weighted by Gasteiger charge is 2.13. The molecule has 1 aromatic heterocycles. The second-order valence-corrected chi connectivity index (χ2v) is 4.83. The number of carboxylic acids is 1. The Morgan fingerprint density at radius 3 is 2.62 bits per heavy atom. The summed E-state index contributed by atoms with van der Waals surface area (Å²) in [6.45, 7) is 4.72. The molecule has 0 amide bonds. The van der Waals surface area contributed by atoms with Crippen molar-refractivity contribution < 1.29 is 14.6 Å². The molecule has 2 aromatic rings. The molecule has 0 saturated carbocycles. The van der Waals surface area contributed by atoms with Crippen LogP contribution in [0.4, 0.5) is 0 Å². The summed E-state index contributed by atoms with van der Waals surface area (Å²) >= 11 is 0. The molecule has 0 unspecified atom stereocenters. The van der Waals surface area contributed by atoms with Crippen molar-refractivity contribution in [3.63, 3.8) is 0 Å². The highest BCUT2D eigenvalue weighted by atomic mass is 16.5. The van der Waals surface area contributed by atoms with Crippen molar-refractivity contribution in [2.24, 2.45) is 0 Å². The zero-order valence-corrected chi connectivity index (χ0v) is 12.6. The molecule has 0 aliphatic carbocycles. The van der Waals surface area contributed by atoms with Crippen molar-refractivity contribution in [3.05, 3.63) is 46.8 Å². The maximum atomic E-state index is 11.3. The van der Waals surface area contributed by atoms with Gasteiger partial charge in [0.15, 0.2) is 0 Å². The topological polar surface area (TPSA) is 64.3 Å². The molecule has 21 heavy (non-hydrogen) atoms. The minimum absolute atomic E-state index is 0.177. The van der Waals surface area contributed by atoms with E-state index in [2.05, 4.69) is 25.0 Å². The number of carbonyl (C=O) groups is 1. The van der Waals surface area contributed by atoms with Crippen LogP contribution in [-0.4, -0.2) is 28.0 Å². The molecule has 0 saturated heterocycles. The maximum Gasteiger partial charge on any atom is 0.339 e. The minimum atomic E-state index is -0.987. The van der Waals surface area contributed by atoms with Gasteiger partial charge < -0.3 is 9.84 Å². The van der Waals surface area contributed by atoms with Crippen LogP contribution in [0, 0.1) is 0 Å². The van der Waals surface area contributed by atoms with Crippen LogP contribution in [0.3, 0.4) is 0 Å². The summed E-state index contributed by atoms with van der Waals surface area (Å²) in [7, 11) is 1.47. The molecule has 0 radical (unpaired) electrons. The number of carboxylic acid groups (broad SMARTS) is 1. The molecule has 2 rings (SSSR count). The summed E-state index contributed by atoms with van der Waals surface area (Å²) in [4.78, 5) is 11.3. The Bertz CT molecular complexity index is 647. The molecule has 112 valence electrons. The van der Waals surface area contributed by atoms with Crippen LogP contribution in [0.2, 0.25) is 0 Å². The summed E-state index contributed by atoms with van der Waals surface area (Å²) in [5.41, 5.74) is 3.28. The molecule has 1 heterocycles. The molecular formula is C16H20N2O3. The predicted molar refractivity (Wildman–Crippen MR) is 80.0 cm³/mol. The summed E-state index contributed by atoms with van der Waals surface area (Å²) in [6.07, 6.45) is 1.79. The fraction of sp³-hybridized carbons (Fsp3) is 0.375. The SMILES string of the molecule is CCc1cc(CC)n(Cc2ccc(OC)c(C(=O)O)c2)n1. The Hall–Kier alpha value is -2.30. The first-order chi connectivity index (χ1) is 10.1. The van der Waals surface area contributed by atoms with E-state index in [1.807, 2.05) is 10.7 Å². The average Bonchev–Trinajstić information content (AvgIpc) is 2.89. The number of ether oxygens (including phenoxy) is 1. The first-order valence-corrected chi connectivity index (χ1v) is 7.04. The van der Waals surface area contributed by atoms with Crippen molar-refractivity contribution in [1.82, 2.24) is 9.78 Å². The van der Waals surface area contributed by atoms with E-state index in [9.17, 15) is 9.90 Å². The third-order valence-electron chi connectivity index (χ3n) is 3.47. The molecule has 5 heteroatoms. The monoisotopic (exact) mass is 288 g/mol. The molecule has 5 nitrogen and oxygen atoms in total. The fourth-order valence-electron chi connectivity index (χ4n) is 2.30. The van der Waals surface area contributed by atoms with Gasteiger partial charge in [0.1, 0.15) is 11.3 Å². The lowest BCUT2D eigenvalue weighted by molar-refractivity contribution is 0.0693. The number of hydrogen-bond acceptors (Lipinski definition) is 3. The standard InChI is InChI=1S/C16H20N2O3/c1-4-12-9-13(5-2)18(17-12)10-11-6-7-15(21-3)14(8-11)16(19)20/h6-9H,4-5,10H2,1-3H3,(H,19,20). The van der Waals surface area contributed by atoms with Gasteiger partial charge in [0.25, 0.3) is 0 Å². The minimum Gasteiger partial charge on any atom is -0.496 e. The van der Waals surface area contributed by atoms with Crippen LogP contribution in [0.25, 0.3) is 0 Å². The van der Waals surface area contributed by atoms with Crippen LogP contribution in [-0.2, 0) is 19.4 Å². The Morgan fingerprint density at radius 1 is 1.29 bits per heavy atom. The smallest absolute Gasteiger partial charge is 0.339 e. The van der Waals surface area contributed by atoms with Crippen molar-refractivity contribution in [2.75, 3.05) is 7.11 Å². The molecule has 1 N–H and O–H groups in total. The number of rotatable bonds is 6. The van der Waals surface area contributed by atoms with Gasteiger partial charge in [-0.15, -0.1) is 0 Å². The molecule has 0 bridgehead atoms.